The highest BCUT2D eigenvalue weighted by atomic mass is 35.5. The molecule has 0 saturated carbocycles. The van der Waals surface area contributed by atoms with Crippen molar-refractivity contribution in [3.05, 3.63) is 27.7 Å². The zero-order chi connectivity index (χ0) is 13.3. The van der Waals surface area contributed by atoms with E-state index in [1.807, 2.05) is 19.1 Å². The van der Waals surface area contributed by atoms with Crippen molar-refractivity contribution in [3.8, 4) is 0 Å². The molecule has 0 radical (unpaired) electrons. The molecule has 0 aliphatic carbocycles. The van der Waals surface area contributed by atoms with Crippen LogP contribution in [-0.2, 0) is 0 Å². The van der Waals surface area contributed by atoms with Crippen molar-refractivity contribution in [1.82, 2.24) is 0 Å². The molecule has 1 aromatic rings. The van der Waals surface area contributed by atoms with Crippen molar-refractivity contribution in [3.63, 3.8) is 0 Å². The molecule has 0 amide bonds. The molecule has 2 rings (SSSR count). The second-order valence-electron chi connectivity index (χ2n) is 4.73. The Hall–Kier alpha value is -0.380. The molecule has 2 nitrogen and oxygen atoms in total. The van der Waals surface area contributed by atoms with E-state index in [-0.39, 0.29) is 0 Å². The van der Waals surface area contributed by atoms with E-state index in [4.69, 9.17) is 23.2 Å². The van der Waals surface area contributed by atoms with Gasteiger partial charge in [-0.05, 0) is 24.5 Å². The van der Waals surface area contributed by atoms with Gasteiger partial charge in [-0.2, -0.15) is 0 Å². The first-order valence-electron chi connectivity index (χ1n) is 5.91. The van der Waals surface area contributed by atoms with Crippen LogP contribution in [0.1, 0.15) is 19.4 Å². The lowest BCUT2D eigenvalue weighted by Gasteiger charge is -2.11. The molecule has 98 valence electrons. The number of hydrogen-bond acceptors (Lipinski definition) is 3. The molecule has 0 aromatic heterocycles. The average molecular weight is 303 g/mol. The van der Waals surface area contributed by atoms with Crippen LogP contribution in [0.15, 0.2) is 17.1 Å². The number of amidine groups is 1. The van der Waals surface area contributed by atoms with E-state index in [9.17, 15) is 0 Å². The van der Waals surface area contributed by atoms with E-state index >= 15 is 0 Å². The van der Waals surface area contributed by atoms with E-state index in [0.29, 0.717) is 22.0 Å². The van der Waals surface area contributed by atoms with Crippen LogP contribution in [0, 0.1) is 12.8 Å². The normalized spacial score (nSPS) is 19.2. The van der Waals surface area contributed by atoms with Gasteiger partial charge in [-0.15, -0.1) is 0 Å². The summed E-state index contributed by atoms with van der Waals surface area (Å²) < 4.78 is 0. The van der Waals surface area contributed by atoms with Crippen molar-refractivity contribution in [2.24, 2.45) is 10.9 Å². The summed E-state index contributed by atoms with van der Waals surface area (Å²) in [5.74, 6) is 1.57. The lowest BCUT2D eigenvalue weighted by Crippen LogP contribution is -2.12. The van der Waals surface area contributed by atoms with Crippen LogP contribution < -0.4 is 5.32 Å². The Morgan fingerprint density at radius 1 is 1.39 bits per heavy atom. The predicted molar refractivity (Wildman–Crippen MR) is 83.3 cm³/mol. The number of halogens is 2. The third kappa shape index (κ3) is 2.95. The van der Waals surface area contributed by atoms with Crippen molar-refractivity contribution in [2.45, 2.75) is 26.8 Å². The molecule has 1 aromatic carbocycles. The summed E-state index contributed by atoms with van der Waals surface area (Å²) >= 11 is 14.2. The standard InChI is InChI=1S/C13H16Cl2N2S/c1-7(2)10-6-18-13(16-10)17-12-9(14)5-4-8(3)11(12)15/h4-5,7,10H,6H2,1-3H3,(H,16,17). The molecule has 1 heterocycles. The average Bonchev–Trinajstić information content (AvgIpc) is 2.78. The highest BCUT2D eigenvalue weighted by Crippen LogP contribution is 2.34. The molecular formula is C13H16Cl2N2S. The van der Waals surface area contributed by atoms with Gasteiger partial charge in [0.25, 0.3) is 0 Å². The number of anilines is 1. The maximum Gasteiger partial charge on any atom is 0.161 e. The molecule has 0 spiro atoms. The molecule has 5 heteroatoms. The smallest absolute Gasteiger partial charge is 0.161 e. The Morgan fingerprint density at radius 2 is 2.11 bits per heavy atom. The van der Waals surface area contributed by atoms with Crippen molar-refractivity contribution >= 4 is 45.8 Å². The molecule has 0 saturated heterocycles. The number of aryl methyl sites for hydroxylation is 1. The topological polar surface area (TPSA) is 24.4 Å². The van der Waals surface area contributed by atoms with Gasteiger partial charge in [0, 0.05) is 5.75 Å². The van der Waals surface area contributed by atoms with Crippen molar-refractivity contribution in [2.75, 3.05) is 11.1 Å². The van der Waals surface area contributed by atoms with E-state index in [0.717, 1.165) is 22.2 Å². The third-order valence-corrected chi connectivity index (χ3v) is 4.75. The number of nitrogens with one attached hydrogen (secondary N) is 1. The van der Waals surface area contributed by atoms with Gasteiger partial charge in [0.15, 0.2) is 5.17 Å². The Kier molecular flexibility index (Phi) is 4.46. The second-order valence-corrected chi connectivity index (χ2v) is 6.53. The van der Waals surface area contributed by atoms with E-state index < -0.39 is 0 Å². The summed E-state index contributed by atoms with van der Waals surface area (Å²) in [5.41, 5.74) is 1.77. The fraction of sp³-hybridized carbons (Fsp3) is 0.462. The van der Waals surface area contributed by atoms with Crippen molar-refractivity contribution in [1.29, 1.82) is 0 Å². The molecule has 18 heavy (non-hydrogen) atoms. The Labute approximate surface area is 122 Å². The lowest BCUT2D eigenvalue weighted by atomic mass is 10.1. The maximum atomic E-state index is 6.26. The van der Waals surface area contributed by atoms with Crippen LogP contribution in [0.4, 0.5) is 5.69 Å². The number of benzene rings is 1. The molecular weight excluding hydrogens is 287 g/mol. The fourth-order valence-electron chi connectivity index (χ4n) is 1.68. The maximum absolute atomic E-state index is 6.26. The quantitative estimate of drug-likeness (QED) is 0.845. The van der Waals surface area contributed by atoms with Gasteiger partial charge in [-0.25, -0.2) is 0 Å². The highest BCUT2D eigenvalue weighted by molar-refractivity contribution is 8.14. The first-order chi connectivity index (χ1) is 8.49. The number of rotatable bonds is 2. The number of thioether (sulfide) groups is 1. The van der Waals surface area contributed by atoms with Crippen LogP contribution in [-0.4, -0.2) is 17.0 Å². The van der Waals surface area contributed by atoms with Crippen molar-refractivity contribution < 1.29 is 0 Å². The number of nitrogens with zero attached hydrogens (tertiary/aromatic N) is 1. The van der Waals surface area contributed by atoms with Gasteiger partial charge >= 0.3 is 0 Å². The number of aliphatic imine (C=N–C) groups is 1. The zero-order valence-corrected chi connectivity index (χ0v) is 13.0. The first kappa shape index (κ1) is 14.0. The van der Waals surface area contributed by atoms with E-state index in [2.05, 4.69) is 24.2 Å². The van der Waals surface area contributed by atoms with Gasteiger partial charge in [-0.3, -0.25) is 4.99 Å². The summed E-state index contributed by atoms with van der Waals surface area (Å²) in [5, 5.41) is 5.45. The SMILES string of the molecule is Cc1ccc(Cl)c(NC2=NC(C(C)C)CS2)c1Cl. The summed E-state index contributed by atoms with van der Waals surface area (Å²) in [6, 6.07) is 4.14. The van der Waals surface area contributed by atoms with Gasteiger partial charge in [0.05, 0.1) is 21.8 Å². The minimum atomic E-state index is 0.375. The Morgan fingerprint density at radius 3 is 2.72 bits per heavy atom. The summed E-state index contributed by atoms with van der Waals surface area (Å²) in [6.45, 7) is 6.33. The molecule has 1 atom stereocenters. The highest BCUT2D eigenvalue weighted by Gasteiger charge is 2.22. The molecule has 1 aliphatic rings. The van der Waals surface area contributed by atoms with Gasteiger partial charge in [-0.1, -0.05) is 54.9 Å². The monoisotopic (exact) mass is 302 g/mol. The van der Waals surface area contributed by atoms with Gasteiger partial charge in [0.1, 0.15) is 0 Å². The second kappa shape index (κ2) is 5.72. The van der Waals surface area contributed by atoms with Gasteiger partial charge < -0.3 is 5.32 Å². The minimum absolute atomic E-state index is 0.375. The molecule has 0 bridgehead atoms. The van der Waals surface area contributed by atoms with E-state index in [1.54, 1.807) is 11.8 Å². The van der Waals surface area contributed by atoms with Crippen LogP contribution in [0.25, 0.3) is 0 Å². The van der Waals surface area contributed by atoms with Crippen LogP contribution >= 0.6 is 35.0 Å². The Balaban J connectivity index is 2.21. The third-order valence-electron chi connectivity index (χ3n) is 2.96. The molecule has 1 unspecified atom stereocenters. The van der Waals surface area contributed by atoms with Crippen LogP contribution in [0.5, 0.6) is 0 Å². The van der Waals surface area contributed by atoms with E-state index in [1.165, 1.54) is 0 Å². The zero-order valence-electron chi connectivity index (χ0n) is 10.6. The van der Waals surface area contributed by atoms with Crippen LogP contribution in [0.3, 0.4) is 0 Å². The fourth-order valence-corrected chi connectivity index (χ4v) is 3.31. The van der Waals surface area contributed by atoms with Gasteiger partial charge in [0.2, 0.25) is 0 Å². The molecule has 1 aliphatic heterocycles. The van der Waals surface area contributed by atoms with Crippen LogP contribution in [0.2, 0.25) is 10.0 Å². The summed E-state index contributed by atoms with van der Waals surface area (Å²) in [7, 11) is 0. The molecule has 0 fully saturated rings. The lowest BCUT2D eigenvalue weighted by molar-refractivity contribution is 0.543. The Bertz CT molecular complexity index is 486. The summed E-state index contributed by atoms with van der Waals surface area (Å²) in [4.78, 5) is 4.65. The first-order valence-corrected chi connectivity index (χ1v) is 7.65. The minimum Gasteiger partial charge on any atom is -0.333 e. The number of hydrogen-bond donors (Lipinski definition) is 1. The predicted octanol–water partition coefficient (Wildman–Crippen LogP) is 4.84. The summed E-state index contributed by atoms with van der Waals surface area (Å²) in [6.07, 6.45) is 0. The largest absolute Gasteiger partial charge is 0.333 e. The molecule has 1 N–H and O–H groups in total.